The lowest BCUT2D eigenvalue weighted by molar-refractivity contribution is -0.122. The van der Waals surface area contributed by atoms with Gasteiger partial charge in [-0.15, -0.1) is 0 Å². The Morgan fingerprint density at radius 3 is 2.70 bits per heavy atom. The average Bonchev–Trinajstić information content (AvgIpc) is 3.00. The number of aromatic nitrogens is 2. The van der Waals surface area contributed by atoms with Crippen molar-refractivity contribution in [3.63, 3.8) is 0 Å². The molecule has 1 heterocycles. The summed E-state index contributed by atoms with van der Waals surface area (Å²) in [5.41, 5.74) is 0.961. The molecule has 2 rings (SSSR count). The Bertz CT molecular complexity index is 611. The molecule has 122 valence electrons. The van der Waals surface area contributed by atoms with Crippen LogP contribution in [0.4, 0.5) is 0 Å². The van der Waals surface area contributed by atoms with Crippen LogP contribution >= 0.6 is 0 Å². The number of amides is 2. The van der Waals surface area contributed by atoms with Crippen molar-refractivity contribution in [1.29, 1.82) is 0 Å². The van der Waals surface area contributed by atoms with E-state index in [1.807, 2.05) is 48.0 Å². The van der Waals surface area contributed by atoms with Crippen LogP contribution in [0.1, 0.15) is 18.9 Å². The Morgan fingerprint density at radius 1 is 1.22 bits per heavy atom. The van der Waals surface area contributed by atoms with Gasteiger partial charge in [-0.05, 0) is 12.5 Å². The summed E-state index contributed by atoms with van der Waals surface area (Å²) in [6.45, 7) is 2.95. The number of imidazole rings is 1. The van der Waals surface area contributed by atoms with E-state index in [1.54, 1.807) is 12.5 Å². The summed E-state index contributed by atoms with van der Waals surface area (Å²) in [7, 11) is 0. The molecule has 0 saturated carbocycles. The van der Waals surface area contributed by atoms with E-state index in [-0.39, 0.29) is 24.3 Å². The van der Waals surface area contributed by atoms with Crippen LogP contribution in [0.5, 0.6) is 0 Å². The molecule has 0 bridgehead atoms. The van der Waals surface area contributed by atoms with Gasteiger partial charge in [0.15, 0.2) is 0 Å². The summed E-state index contributed by atoms with van der Waals surface area (Å²) in [6, 6.07) is 9.54. The van der Waals surface area contributed by atoms with E-state index < -0.39 is 0 Å². The fraction of sp³-hybridized carbons (Fsp3) is 0.353. The van der Waals surface area contributed by atoms with Gasteiger partial charge in [-0.1, -0.05) is 30.3 Å². The molecule has 0 aliphatic rings. The highest BCUT2D eigenvalue weighted by Gasteiger charge is 2.09. The third-order valence-electron chi connectivity index (χ3n) is 3.33. The molecule has 0 saturated heterocycles. The highest BCUT2D eigenvalue weighted by atomic mass is 16.2. The smallest absolute Gasteiger partial charge is 0.224 e. The lowest BCUT2D eigenvalue weighted by atomic mass is 10.1. The zero-order valence-electron chi connectivity index (χ0n) is 13.2. The van der Waals surface area contributed by atoms with Crippen molar-refractivity contribution in [2.24, 2.45) is 0 Å². The molecule has 6 nitrogen and oxygen atoms in total. The molecule has 1 atom stereocenters. The second-order valence-corrected chi connectivity index (χ2v) is 5.49. The third-order valence-corrected chi connectivity index (χ3v) is 3.33. The minimum Gasteiger partial charge on any atom is -0.355 e. The van der Waals surface area contributed by atoms with Gasteiger partial charge < -0.3 is 15.2 Å². The topological polar surface area (TPSA) is 76.0 Å². The maximum atomic E-state index is 11.8. The molecule has 23 heavy (non-hydrogen) atoms. The monoisotopic (exact) mass is 314 g/mol. The van der Waals surface area contributed by atoms with Crippen LogP contribution in [0.15, 0.2) is 49.1 Å². The van der Waals surface area contributed by atoms with Gasteiger partial charge in [-0.2, -0.15) is 0 Å². The lowest BCUT2D eigenvalue weighted by Gasteiger charge is -2.14. The summed E-state index contributed by atoms with van der Waals surface area (Å²) in [4.78, 5) is 27.6. The minimum atomic E-state index is -0.0736. The molecule has 0 fully saturated rings. The Kier molecular flexibility index (Phi) is 6.35. The number of carbonyl (C=O) groups is 2. The fourth-order valence-electron chi connectivity index (χ4n) is 2.26. The number of hydrogen-bond donors (Lipinski definition) is 2. The SMILES string of the molecule is CC(Cn1ccnc1)NC(=O)CCNC(=O)Cc1ccccc1. The number of benzene rings is 1. The molecular weight excluding hydrogens is 292 g/mol. The molecule has 1 aromatic heterocycles. The number of rotatable bonds is 8. The van der Waals surface area contributed by atoms with Crippen molar-refractivity contribution in [2.75, 3.05) is 6.54 Å². The molecule has 0 radical (unpaired) electrons. The van der Waals surface area contributed by atoms with Crippen molar-refractivity contribution >= 4 is 11.8 Å². The Balaban J connectivity index is 1.61. The molecule has 0 spiro atoms. The van der Waals surface area contributed by atoms with Crippen molar-refractivity contribution in [3.8, 4) is 0 Å². The molecule has 2 N–H and O–H groups in total. The largest absolute Gasteiger partial charge is 0.355 e. The maximum absolute atomic E-state index is 11.8. The van der Waals surface area contributed by atoms with Crippen LogP contribution in [-0.4, -0.2) is 34.0 Å². The lowest BCUT2D eigenvalue weighted by Crippen LogP contribution is -2.37. The maximum Gasteiger partial charge on any atom is 0.224 e. The zero-order chi connectivity index (χ0) is 16.5. The quantitative estimate of drug-likeness (QED) is 0.767. The highest BCUT2D eigenvalue weighted by Crippen LogP contribution is 1.99. The molecule has 0 aliphatic carbocycles. The molecule has 1 aromatic carbocycles. The third kappa shape index (κ3) is 6.34. The van der Waals surface area contributed by atoms with E-state index in [0.717, 1.165) is 5.56 Å². The minimum absolute atomic E-state index is 0.0109. The molecule has 6 heteroatoms. The van der Waals surface area contributed by atoms with Crippen LogP contribution in [0.2, 0.25) is 0 Å². The summed E-state index contributed by atoms with van der Waals surface area (Å²) in [5, 5.41) is 5.67. The second kappa shape index (κ2) is 8.73. The number of carbonyl (C=O) groups excluding carboxylic acids is 2. The van der Waals surface area contributed by atoms with Crippen molar-refractivity contribution < 1.29 is 9.59 Å². The van der Waals surface area contributed by atoms with Gasteiger partial charge in [-0.25, -0.2) is 4.98 Å². The van der Waals surface area contributed by atoms with Crippen LogP contribution in [0.25, 0.3) is 0 Å². The predicted octanol–water partition coefficient (Wildman–Crippen LogP) is 1.14. The molecule has 2 amide bonds. The van der Waals surface area contributed by atoms with Crippen LogP contribution in [0, 0.1) is 0 Å². The van der Waals surface area contributed by atoms with E-state index in [9.17, 15) is 9.59 Å². The van der Waals surface area contributed by atoms with E-state index >= 15 is 0 Å². The first kappa shape index (κ1) is 16.7. The van der Waals surface area contributed by atoms with Gasteiger partial charge in [-0.3, -0.25) is 9.59 Å². The Hall–Kier alpha value is -2.63. The number of nitrogens with zero attached hydrogens (tertiary/aromatic N) is 2. The fourth-order valence-corrected chi connectivity index (χ4v) is 2.26. The predicted molar refractivity (Wildman–Crippen MR) is 87.6 cm³/mol. The van der Waals surface area contributed by atoms with E-state index in [4.69, 9.17) is 0 Å². The van der Waals surface area contributed by atoms with Crippen molar-refractivity contribution in [2.45, 2.75) is 32.4 Å². The Labute approximate surface area is 135 Å². The summed E-state index contributed by atoms with van der Waals surface area (Å²) in [6.07, 6.45) is 5.88. The van der Waals surface area contributed by atoms with Gasteiger partial charge in [0.2, 0.25) is 11.8 Å². The van der Waals surface area contributed by atoms with Gasteiger partial charge in [0.1, 0.15) is 0 Å². The highest BCUT2D eigenvalue weighted by molar-refractivity contribution is 5.80. The van der Waals surface area contributed by atoms with Crippen molar-refractivity contribution in [1.82, 2.24) is 20.2 Å². The summed E-state index contributed by atoms with van der Waals surface area (Å²) in [5.74, 6) is -0.145. The van der Waals surface area contributed by atoms with E-state index in [2.05, 4.69) is 15.6 Å². The first-order valence-electron chi connectivity index (χ1n) is 7.69. The second-order valence-electron chi connectivity index (χ2n) is 5.49. The number of nitrogens with one attached hydrogen (secondary N) is 2. The molecular formula is C17H22N4O2. The number of hydrogen-bond acceptors (Lipinski definition) is 3. The summed E-state index contributed by atoms with van der Waals surface area (Å²) < 4.78 is 1.91. The molecule has 1 unspecified atom stereocenters. The van der Waals surface area contributed by atoms with Gasteiger partial charge in [0, 0.05) is 37.9 Å². The Morgan fingerprint density at radius 2 is 2.00 bits per heavy atom. The van der Waals surface area contributed by atoms with Gasteiger partial charge in [0.25, 0.3) is 0 Å². The molecule has 0 aliphatic heterocycles. The van der Waals surface area contributed by atoms with Gasteiger partial charge in [0.05, 0.1) is 12.7 Å². The van der Waals surface area contributed by atoms with Crippen LogP contribution < -0.4 is 10.6 Å². The molecule has 2 aromatic rings. The average molecular weight is 314 g/mol. The van der Waals surface area contributed by atoms with Gasteiger partial charge >= 0.3 is 0 Å². The zero-order valence-corrected chi connectivity index (χ0v) is 13.2. The van der Waals surface area contributed by atoms with E-state index in [1.165, 1.54) is 0 Å². The van der Waals surface area contributed by atoms with Crippen LogP contribution in [-0.2, 0) is 22.6 Å². The normalized spacial score (nSPS) is 11.7. The van der Waals surface area contributed by atoms with Crippen LogP contribution in [0.3, 0.4) is 0 Å². The first-order chi connectivity index (χ1) is 11.1. The van der Waals surface area contributed by atoms with E-state index in [0.29, 0.717) is 19.5 Å². The summed E-state index contributed by atoms with van der Waals surface area (Å²) >= 11 is 0. The van der Waals surface area contributed by atoms with Crippen molar-refractivity contribution in [3.05, 3.63) is 54.6 Å². The standard InChI is InChI=1S/C17H22N4O2/c1-14(12-21-10-9-18-13-21)20-16(22)7-8-19-17(23)11-15-5-3-2-4-6-15/h2-6,9-10,13-14H,7-8,11-12H2,1H3,(H,19,23)(H,20,22). The first-order valence-corrected chi connectivity index (χ1v) is 7.69.